The number of nitrogens with zero attached hydrogens (tertiary/aromatic N) is 9. The molecule has 1 atom stereocenters. The van der Waals surface area contributed by atoms with Crippen molar-refractivity contribution in [1.29, 1.82) is 0 Å². The largest absolute Gasteiger partial charge is 0.368 e. The summed E-state index contributed by atoms with van der Waals surface area (Å²) in [5.41, 5.74) is 9.27. The normalized spacial score (nSPS) is 14.9. The summed E-state index contributed by atoms with van der Waals surface area (Å²) < 4.78 is 32.5. The van der Waals surface area contributed by atoms with Gasteiger partial charge in [0.1, 0.15) is 11.6 Å². The number of carbonyl (C=O) groups is 1. The van der Waals surface area contributed by atoms with Crippen molar-refractivity contribution < 1.29 is 13.2 Å². The third-order valence-corrected chi connectivity index (χ3v) is 15.5. The predicted octanol–water partition coefficient (Wildman–Crippen LogP) is 8.37. The van der Waals surface area contributed by atoms with Crippen LogP contribution in [0.4, 0.5) is 52.0 Å². The molecular weight excluding hydrogens is 961 g/mol. The fourth-order valence-electron chi connectivity index (χ4n) is 8.07. The number of aryl methyl sites for hydroxylation is 2. The zero-order chi connectivity index (χ0) is 52.1. The van der Waals surface area contributed by atoms with Crippen molar-refractivity contribution in [2.75, 3.05) is 65.9 Å². The Bertz CT molecular complexity index is 3120. The summed E-state index contributed by atoms with van der Waals surface area (Å²) in [6.45, 7) is 21.0. The highest BCUT2D eigenvalue weighted by molar-refractivity contribution is 8.13. The third kappa shape index (κ3) is 13.7. The Balaban J connectivity index is 0.860. The van der Waals surface area contributed by atoms with Crippen LogP contribution in [0.15, 0.2) is 124 Å². The molecule has 4 aromatic carbocycles. The van der Waals surface area contributed by atoms with E-state index in [-0.39, 0.29) is 16.3 Å². The van der Waals surface area contributed by atoms with E-state index in [9.17, 15) is 13.2 Å². The van der Waals surface area contributed by atoms with Gasteiger partial charge in [0.2, 0.25) is 27.8 Å². The third-order valence-electron chi connectivity index (χ3n) is 11.8. The summed E-state index contributed by atoms with van der Waals surface area (Å²) in [6.07, 6.45) is 3.53. The summed E-state index contributed by atoms with van der Waals surface area (Å²) >= 11 is 0. The maximum absolute atomic E-state index is 13.0. The van der Waals surface area contributed by atoms with E-state index in [2.05, 4.69) is 107 Å². The molecule has 2 aliphatic rings. The van der Waals surface area contributed by atoms with Crippen molar-refractivity contribution in [2.24, 2.45) is 5.10 Å². The lowest BCUT2D eigenvalue weighted by Gasteiger charge is -2.35. The first-order chi connectivity index (χ1) is 34.7. The molecular formula is C52H66N16O3S2. The minimum absolute atomic E-state index is 0.123. The summed E-state index contributed by atoms with van der Waals surface area (Å²) in [7, 11) is -2.19. The quantitative estimate of drug-likeness (QED) is 0.0428. The van der Waals surface area contributed by atoms with Gasteiger partial charge >= 0.3 is 0 Å². The fourth-order valence-corrected chi connectivity index (χ4v) is 11.2. The van der Waals surface area contributed by atoms with E-state index in [4.69, 9.17) is 15.1 Å². The molecule has 384 valence electrons. The molecule has 2 aromatic heterocycles. The minimum atomic E-state index is -3.72. The number of amides is 1. The zero-order valence-corrected chi connectivity index (χ0v) is 44.7. The van der Waals surface area contributed by atoms with E-state index in [1.165, 1.54) is 0 Å². The van der Waals surface area contributed by atoms with E-state index in [1.54, 1.807) is 58.2 Å². The maximum Gasteiger partial charge on any atom is 0.241 e. The number of hydrogen-bond donors (Lipinski definition) is 7. The molecule has 7 N–H and O–H groups in total. The second-order valence-electron chi connectivity index (χ2n) is 19.7. The molecule has 4 heterocycles. The number of nitrogens with one attached hydrogen (secondary N) is 7. The molecule has 73 heavy (non-hydrogen) atoms. The Morgan fingerprint density at radius 3 is 1.86 bits per heavy atom. The fraction of sp³-hybridized carbons (Fsp3) is 0.327. The number of hydrogen-bond acceptors (Lipinski definition) is 17. The summed E-state index contributed by atoms with van der Waals surface area (Å²) in [6, 6.07) is 31.1. The average molecular weight is 1030 g/mol. The highest BCUT2D eigenvalue weighted by Crippen LogP contribution is 2.31. The molecule has 1 saturated heterocycles. The van der Waals surface area contributed by atoms with Gasteiger partial charge in [-0.05, 0) is 146 Å². The molecule has 0 aliphatic carbocycles. The SMILES string of the molecule is C/C=S(\NC(C)(C)CN1N=C(c2ccc(Nc3ncc(C)c(Nc4cccc(S(=O)(=O)NC(C)(C)C)c4)n3)cc2)NN1C)c1cccc(Nc2nc(Nc3ccc(N4CCN(C(C)=O)CC4)cc3)ncc2C)c1. The Hall–Kier alpha value is -7.17. The zero-order valence-electron chi connectivity index (χ0n) is 43.1. The van der Waals surface area contributed by atoms with Crippen LogP contribution >= 0.6 is 10.7 Å². The average Bonchev–Trinajstić information content (AvgIpc) is 3.71. The Labute approximate surface area is 431 Å². The molecule has 0 spiro atoms. The van der Waals surface area contributed by atoms with E-state index in [1.807, 2.05) is 84.7 Å². The summed E-state index contributed by atoms with van der Waals surface area (Å²) in [5.74, 6) is 2.95. The molecule has 8 rings (SSSR count). The van der Waals surface area contributed by atoms with Crippen molar-refractivity contribution in [3.8, 4) is 0 Å². The van der Waals surface area contributed by atoms with Crippen LogP contribution in [0.2, 0.25) is 0 Å². The number of anilines is 9. The van der Waals surface area contributed by atoms with Gasteiger partial charge in [-0.15, -0.1) is 10.2 Å². The molecule has 6 aromatic rings. The highest BCUT2D eigenvalue weighted by atomic mass is 32.2. The lowest BCUT2D eigenvalue weighted by molar-refractivity contribution is -0.129. The van der Waals surface area contributed by atoms with Crippen molar-refractivity contribution in [3.63, 3.8) is 0 Å². The number of carbonyl (C=O) groups excluding carboxylic acids is 1. The topological polar surface area (TPSA) is 212 Å². The molecule has 21 heteroatoms. The number of sulfonamides is 1. The van der Waals surface area contributed by atoms with Gasteiger partial charge in [0.25, 0.3) is 0 Å². The first-order valence-electron chi connectivity index (χ1n) is 24.1. The number of aromatic nitrogens is 4. The summed E-state index contributed by atoms with van der Waals surface area (Å²) in [5, 5.41) is 24.4. The van der Waals surface area contributed by atoms with Crippen molar-refractivity contribution in [2.45, 2.75) is 83.2 Å². The van der Waals surface area contributed by atoms with Gasteiger partial charge < -0.3 is 31.1 Å². The number of hydrazine groups is 2. The molecule has 1 amide bonds. The molecule has 1 unspecified atom stereocenters. The number of amidine groups is 1. The van der Waals surface area contributed by atoms with Crippen molar-refractivity contribution in [3.05, 3.63) is 126 Å². The highest BCUT2D eigenvalue weighted by Gasteiger charge is 2.29. The standard InChI is InChI=1S/C52H66N16O3S2/c1-11-72(44-16-12-14-41(30-44)55-46-35(2)32-54-50(59-46)58-40-22-24-43(25-23-40)67-28-26-66(27-29-67)37(4)69)63-52(8,9)34-68-62-48(61-65(68)10)38-18-20-39(21-19-38)57-49-53-33-36(3)47(60-49)56-42-15-13-17-45(31-42)73(70,71)64-51(5,6)7/h11-25,30-33,63-64H,26-29,34H2,1-10H3,(H,61,62)(H2,53,56,57,60)(H2,54,55,58,59). The summed E-state index contributed by atoms with van der Waals surface area (Å²) in [4.78, 5) is 35.8. The number of hydrazone groups is 1. The van der Waals surface area contributed by atoms with E-state index < -0.39 is 26.2 Å². The number of rotatable bonds is 17. The monoisotopic (exact) mass is 1030 g/mol. The molecule has 1 fully saturated rings. The van der Waals surface area contributed by atoms with Gasteiger partial charge in [0, 0.05) is 114 Å². The van der Waals surface area contributed by atoms with Crippen LogP contribution in [0.1, 0.15) is 65.2 Å². The van der Waals surface area contributed by atoms with E-state index in [0.29, 0.717) is 41.6 Å². The van der Waals surface area contributed by atoms with Gasteiger partial charge in [-0.1, -0.05) is 22.8 Å². The minimum Gasteiger partial charge on any atom is -0.368 e. The first-order valence-corrected chi connectivity index (χ1v) is 26.8. The van der Waals surface area contributed by atoms with Crippen LogP contribution in [0.5, 0.6) is 0 Å². The van der Waals surface area contributed by atoms with E-state index in [0.717, 1.165) is 70.5 Å². The number of benzene rings is 4. The van der Waals surface area contributed by atoms with Gasteiger partial charge in [-0.2, -0.15) is 9.97 Å². The van der Waals surface area contributed by atoms with Gasteiger partial charge in [-0.25, -0.2) is 28.2 Å². The molecule has 2 aliphatic heterocycles. The second kappa shape index (κ2) is 21.9. The van der Waals surface area contributed by atoms with Crippen LogP contribution in [0.3, 0.4) is 0 Å². The Morgan fingerprint density at radius 1 is 0.740 bits per heavy atom. The predicted molar refractivity (Wildman–Crippen MR) is 296 cm³/mol. The molecule has 0 bridgehead atoms. The molecule has 19 nitrogen and oxygen atoms in total. The van der Waals surface area contributed by atoms with Gasteiger partial charge in [0.15, 0.2) is 5.84 Å². The number of piperazine rings is 1. The van der Waals surface area contributed by atoms with Gasteiger partial charge in [0.05, 0.1) is 11.4 Å². The van der Waals surface area contributed by atoms with Crippen molar-refractivity contribution in [1.82, 2.24) is 49.9 Å². The van der Waals surface area contributed by atoms with Crippen LogP contribution in [-0.4, -0.2) is 111 Å². The Morgan fingerprint density at radius 2 is 1.30 bits per heavy atom. The maximum atomic E-state index is 13.0. The molecule has 0 radical (unpaired) electrons. The first kappa shape index (κ1) is 52.2. The van der Waals surface area contributed by atoms with Crippen LogP contribution in [0.25, 0.3) is 0 Å². The van der Waals surface area contributed by atoms with E-state index >= 15 is 0 Å². The lowest BCUT2D eigenvalue weighted by Crippen LogP contribution is -2.50. The van der Waals surface area contributed by atoms with Crippen molar-refractivity contribution >= 4 is 89.8 Å². The van der Waals surface area contributed by atoms with Crippen LogP contribution < -0.4 is 41.0 Å². The van der Waals surface area contributed by atoms with Gasteiger partial charge in [-0.3, -0.25) is 14.9 Å². The van der Waals surface area contributed by atoms with Crippen LogP contribution in [0, 0.1) is 13.8 Å². The lowest BCUT2D eigenvalue weighted by atomic mass is 10.1. The smallest absolute Gasteiger partial charge is 0.241 e. The Kier molecular flexibility index (Phi) is 15.6. The van der Waals surface area contributed by atoms with Crippen LogP contribution in [-0.2, 0) is 14.8 Å². The second-order valence-corrected chi connectivity index (χ2v) is 23.2. The molecule has 0 saturated carbocycles.